The van der Waals surface area contributed by atoms with Crippen LogP contribution in [0.2, 0.25) is 0 Å². The molecule has 0 N–H and O–H groups in total. The fourth-order valence-corrected chi connectivity index (χ4v) is 7.60. The van der Waals surface area contributed by atoms with Gasteiger partial charge in [0.2, 0.25) is 0 Å². The average Bonchev–Trinajstić information content (AvgIpc) is 2.97. The van der Waals surface area contributed by atoms with Gasteiger partial charge in [-0.3, -0.25) is 0 Å². The number of rotatable bonds is 2. The molecule has 24 heavy (non-hydrogen) atoms. The first-order chi connectivity index (χ1) is 11.6. The Hall–Kier alpha value is -0.340. The van der Waals surface area contributed by atoms with Crippen molar-refractivity contribution in [1.29, 1.82) is 0 Å². The van der Waals surface area contributed by atoms with Crippen LogP contribution in [0, 0.1) is 35.0 Å². The molecule has 0 aliphatic heterocycles. The van der Waals surface area contributed by atoms with E-state index < -0.39 is 0 Å². The van der Waals surface area contributed by atoms with Crippen molar-refractivity contribution < 1.29 is 9.47 Å². The molecule has 0 spiro atoms. The summed E-state index contributed by atoms with van der Waals surface area (Å²) in [5, 5.41) is 0. The van der Waals surface area contributed by atoms with Crippen LogP contribution in [0.5, 0.6) is 0 Å². The largest absolute Gasteiger partial charge is 0.353 e. The first-order valence-corrected chi connectivity index (χ1v) is 10.3. The van der Waals surface area contributed by atoms with E-state index >= 15 is 0 Å². The second-order valence-electron chi connectivity index (χ2n) is 9.31. The molecular formula is C22H36O2. The highest BCUT2D eigenvalue weighted by atomic mass is 16.7. The predicted octanol–water partition coefficient (Wildman–Crippen LogP) is 5.57. The van der Waals surface area contributed by atoms with Crippen LogP contribution >= 0.6 is 0 Å². The summed E-state index contributed by atoms with van der Waals surface area (Å²) in [6, 6.07) is 0. The second kappa shape index (κ2) is 6.13. The van der Waals surface area contributed by atoms with Gasteiger partial charge in [0.05, 0.1) is 0 Å². The highest BCUT2D eigenvalue weighted by molar-refractivity contribution is 5.23. The van der Waals surface area contributed by atoms with Gasteiger partial charge in [-0.15, -0.1) is 0 Å². The van der Waals surface area contributed by atoms with Gasteiger partial charge in [-0.05, 0) is 86.9 Å². The number of hydrogen-bond acceptors (Lipinski definition) is 2. The summed E-state index contributed by atoms with van der Waals surface area (Å²) in [5.41, 5.74) is 2.30. The van der Waals surface area contributed by atoms with Crippen LogP contribution in [0.15, 0.2) is 11.6 Å². The Morgan fingerprint density at radius 3 is 2.38 bits per heavy atom. The van der Waals surface area contributed by atoms with E-state index in [-0.39, 0.29) is 5.79 Å². The maximum Gasteiger partial charge on any atom is 0.167 e. The van der Waals surface area contributed by atoms with Gasteiger partial charge < -0.3 is 9.47 Å². The molecule has 4 fully saturated rings. The zero-order chi connectivity index (χ0) is 16.9. The first-order valence-electron chi connectivity index (χ1n) is 10.3. The Balaban J connectivity index is 1.54. The summed E-state index contributed by atoms with van der Waals surface area (Å²) in [4.78, 5) is 0. The smallest absolute Gasteiger partial charge is 0.167 e. The van der Waals surface area contributed by atoms with Gasteiger partial charge in [-0.2, -0.15) is 0 Å². The lowest BCUT2D eigenvalue weighted by molar-refractivity contribution is -0.246. The topological polar surface area (TPSA) is 18.5 Å². The minimum absolute atomic E-state index is 0.289. The van der Waals surface area contributed by atoms with Crippen LogP contribution in [0.25, 0.3) is 0 Å². The van der Waals surface area contributed by atoms with Crippen molar-refractivity contribution in [3.05, 3.63) is 11.6 Å². The molecular weight excluding hydrogens is 296 g/mol. The van der Waals surface area contributed by atoms with Gasteiger partial charge in [-0.1, -0.05) is 18.6 Å². The first kappa shape index (κ1) is 17.1. The van der Waals surface area contributed by atoms with E-state index in [1.165, 1.54) is 44.9 Å². The van der Waals surface area contributed by atoms with Crippen molar-refractivity contribution in [2.24, 2.45) is 35.0 Å². The molecule has 0 heterocycles. The summed E-state index contributed by atoms with van der Waals surface area (Å²) < 4.78 is 11.6. The molecule has 0 aromatic carbocycles. The number of fused-ring (bicyclic) bond motifs is 5. The Morgan fingerprint density at radius 2 is 1.67 bits per heavy atom. The zero-order valence-corrected chi connectivity index (χ0v) is 16.1. The molecule has 0 aromatic heterocycles. The Bertz CT molecular complexity index is 506. The normalized spacial score (nSPS) is 48.7. The molecule has 136 valence electrons. The molecule has 0 amide bonds. The summed E-state index contributed by atoms with van der Waals surface area (Å²) >= 11 is 0. The molecule has 4 aliphatic rings. The van der Waals surface area contributed by atoms with Crippen LogP contribution < -0.4 is 0 Å². The molecule has 0 bridgehead atoms. The van der Waals surface area contributed by atoms with Gasteiger partial charge in [0, 0.05) is 27.1 Å². The standard InChI is InChI=1S/C22H36O2/c1-5-16-7-9-20-19-8-6-15-14-22(23-3,24-4)13-11-17(15)18(19)10-12-21(16,20)2/h5,15,17-20H,6-14H2,1-4H3/b16-5-/t15-,17+,18-,19-,20+,21-/m1/s1. The van der Waals surface area contributed by atoms with Crippen molar-refractivity contribution in [3.63, 3.8) is 0 Å². The molecule has 2 heteroatoms. The van der Waals surface area contributed by atoms with E-state index in [0.29, 0.717) is 5.41 Å². The van der Waals surface area contributed by atoms with E-state index in [4.69, 9.17) is 9.47 Å². The number of hydrogen-bond donors (Lipinski definition) is 0. The van der Waals surface area contributed by atoms with Gasteiger partial charge in [-0.25, -0.2) is 0 Å². The third-order valence-electron chi connectivity index (χ3n) is 8.89. The average molecular weight is 333 g/mol. The lowest BCUT2D eigenvalue weighted by atomic mass is 9.50. The van der Waals surface area contributed by atoms with Crippen molar-refractivity contribution >= 4 is 0 Å². The highest BCUT2D eigenvalue weighted by Gasteiger charge is 2.56. The minimum atomic E-state index is -0.289. The van der Waals surface area contributed by atoms with E-state index in [2.05, 4.69) is 19.9 Å². The summed E-state index contributed by atoms with van der Waals surface area (Å²) in [6.45, 7) is 4.85. The fraction of sp³-hybridized carbons (Fsp3) is 0.909. The Kier molecular flexibility index (Phi) is 4.36. The lowest BCUT2D eigenvalue weighted by Crippen LogP contribution is -2.51. The summed E-state index contributed by atoms with van der Waals surface area (Å²) in [6.07, 6.45) is 14.5. The maximum absolute atomic E-state index is 5.80. The molecule has 0 aromatic rings. The predicted molar refractivity (Wildman–Crippen MR) is 97.6 cm³/mol. The lowest BCUT2D eigenvalue weighted by Gasteiger charge is -2.56. The quantitative estimate of drug-likeness (QED) is 0.486. The molecule has 0 saturated heterocycles. The van der Waals surface area contributed by atoms with E-state index in [0.717, 1.165) is 42.4 Å². The number of allylic oxidation sites excluding steroid dienone is 2. The number of methoxy groups -OCH3 is 2. The van der Waals surface area contributed by atoms with E-state index in [1.54, 1.807) is 5.57 Å². The van der Waals surface area contributed by atoms with Crippen molar-refractivity contribution in [2.45, 2.75) is 77.4 Å². The number of ether oxygens (including phenoxy) is 2. The third kappa shape index (κ3) is 2.35. The Labute approximate surface area is 148 Å². The van der Waals surface area contributed by atoms with Crippen molar-refractivity contribution in [2.75, 3.05) is 14.2 Å². The van der Waals surface area contributed by atoms with Gasteiger partial charge in [0.25, 0.3) is 0 Å². The summed E-state index contributed by atoms with van der Waals surface area (Å²) in [7, 11) is 3.66. The van der Waals surface area contributed by atoms with Crippen molar-refractivity contribution in [1.82, 2.24) is 0 Å². The molecule has 0 radical (unpaired) electrons. The van der Waals surface area contributed by atoms with Gasteiger partial charge in [0.1, 0.15) is 0 Å². The van der Waals surface area contributed by atoms with Crippen molar-refractivity contribution in [3.8, 4) is 0 Å². The van der Waals surface area contributed by atoms with Crippen LogP contribution in [0.4, 0.5) is 0 Å². The van der Waals surface area contributed by atoms with Crippen LogP contribution in [-0.4, -0.2) is 20.0 Å². The molecule has 6 atom stereocenters. The molecule has 2 nitrogen and oxygen atoms in total. The van der Waals surface area contributed by atoms with Gasteiger partial charge in [0.15, 0.2) is 5.79 Å². The Morgan fingerprint density at radius 1 is 0.917 bits per heavy atom. The maximum atomic E-state index is 5.80. The van der Waals surface area contributed by atoms with Crippen LogP contribution in [0.1, 0.15) is 71.6 Å². The zero-order valence-electron chi connectivity index (χ0n) is 16.1. The monoisotopic (exact) mass is 332 g/mol. The molecule has 4 saturated carbocycles. The summed E-state index contributed by atoms with van der Waals surface area (Å²) in [5.74, 6) is 4.39. The van der Waals surface area contributed by atoms with Crippen LogP contribution in [-0.2, 0) is 9.47 Å². The van der Waals surface area contributed by atoms with Gasteiger partial charge >= 0.3 is 0 Å². The minimum Gasteiger partial charge on any atom is -0.353 e. The molecule has 4 rings (SSSR count). The fourth-order valence-electron chi connectivity index (χ4n) is 7.60. The molecule has 0 unspecified atom stereocenters. The molecule has 4 aliphatic carbocycles. The highest BCUT2D eigenvalue weighted by Crippen LogP contribution is 2.64. The van der Waals surface area contributed by atoms with Crippen LogP contribution in [0.3, 0.4) is 0 Å². The van der Waals surface area contributed by atoms with E-state index in [1.807, 2.05) is 14.2 Å². The second-order valence-corrected chi connectivity index (χ2v) is 9.31. The SMILES string of the molecule is C/C=C1/CC[C@H]2[C@@H]3CC[C@@H]4CC(OC)(OC)CC[C@@H]4[C@H]3CC[C@]12C. The van der Waals surface area contributed by atoms with E-state index in [9.17, 15) is 0 Å². The third-order valence-corrected chi connectivity index (χ3v) is 8.89.